The molecular weight excluding hydrogens is 501 g/mol. The van der Waals surface area contributed by atoms with E-state index in [9.17, 15) is 9.90 Å². The number of aliphatic hydroxyl groups is 1. The fraction of sp³-hybridized carbons (Fsp3) is 0.593. The van der Waals surface area contributed by atoms with Crippen LogP contribution >= 0.6 is 0 Å². The number of nitrogens with zero attached hydrogens (tertiary/aromatic N) is 4. The molecule has 4 heterocycles. The summed E-state index contributed by atoms with van der Waals surface area (Å²) in [5, 5.41) is 12.8. The molecule has 1 unspecified atom stereocenters. The number of piperidine rings is 2. The molecule has 2 aromatic rings. The molecule has 4 fully saturated rings. The van der Waals surface area contributed by atoms with Gasteiger partial charge in [-0.05, 0) is 6.42 Å². The number of amides is 1. The average Bonchev–Trinajstić information content (AvgIpc) is 3.76. The number of aromatic nitrogens is 2. The number of carbonyl (C=O) groups is 1. The van der Waals surface area contributed by atoms with E-state index in [0.29, 0.717) is 16.8 Å². The number of hydrogen-bond donors (Lipinski definition) is 2. The second-order valence-corrected chi connectivity index (χ2v) is 16.2. The quantitative estimate of drug-likeness (QED) is 0.529. The fourth-order valence-corrected chi connectivity index (χ4v) is 7.94. The van der Waals surface area contributed by atoms with E-state index in [-0.39, 0.29) is 16.7 Å². The first-order valence-electron chi connectivity index (χ1n) is 13.0. The number of aliphatic hydroxyl groups excluding tert-OH is 1. The third kappa shape index (κ3) is 4.95. The summed E-state index contributed by atoms with van der Waals surface area (Å²) in [6, 6.07) is 9.81. The van der Waals surface area contributed by atoms with E-state index in [1.54, 1.807) is 0 Å². The van der Waals surface area contributed by atoms with Gasteiger partial charge in [0.15, 0.2) is 0 Å². The fourth-order valence-electron chi connectivity index (χ4n) is 5.63. The molecule has 7 nitrogen and oxygen atoms in total. The molecule has 0 aromatic carbocycles. The zero-order valence-corrected chi connectivity index (χ0v) is 22.9. The summed E-state index contributed by atoms with van der Waals surface area (Å²) in [5.74, 6) is 3.85. The second kappa shape index (κ2) is 8.77. The van der Waals surface area contributed by atoms with E-state index in [4.69, 9.17) is 9.97 Å². The summed E-state index contributed by atoms with van der Waals surface area (Å²) < 4.78 is 0.907. The normalized spacial score (nSPS) is 24.8. The predicted octanol–water partition coefficient (Wildman–Crippen LogP) is 2.82. The van der Waals surface area contributed by atoms with Crippen molar-refractivity contribution in [1.29, 1.82) is 0 Å². The van der Waals surface area contributed by atoms with Crippen molar-refractivity contribution in [2.75, 3.05) is 47.9 Å². The topological polar surface area (TPSA) is 81.6 Å². The van der Waals surface area contributed by atoms with Crippen LogP contribution in [0, 0.1) is 17.3 Å². The first kappa shape index (κ1) is 23.3. The third-order valence-electron chi connectivity index (χ3n) is 8.34. The van der Waals surface area contributed by atoms with E-state index in [0.717, 1.165) is 54.1 Å². The maximum absolute atomic E-state index is 13.5. The Morgan fingerprint density at radius 1 is 1.09 bits per heavy atom. The van der Waals surface area contributed by atoms with E-state index >= 15 is 0 Å². The Hall–Kier alpha value is -2.11. The Kier molecular flexibility index (Phi) is 5.84. The number of rotatable bonds is 7. The van der Waals surface area contributed by atoms with Crippen LogP contribution in [0.3, 0.4) is 0 Å². The second-order valence-electron chi connectivity index (χ2n) is 11.7. The predicted molar refractivity (Wildman–Crippen MR) is 141 cm³/mol. The molecule has 2 aromatic heterocycles. The van der Waals surface area contributed by atoms with Crippen LogP contribution in [0.5, 0.6) is 0 Å². The van der Waals surface area contributed by atoms with E-state index in [1.165, 1.54) is 32.1 Å². The van der Waals surface area contributed by atoms with Gasteiger partial charge in [-0.15, -0.1) is 0 Å². The molecule has 186 valence electrons. The molecule has 3 atom stereocenters. The molecule has 0 bridgehead atoms. The van der Waals surface area contributed by atoms with Crippen LogP contribution in [0.4, 0.5) is 17.5 Å². The van der Waals surface area contributed by atoms with Crippen molar-refractivity contribution in [2.45, 2.75) is 50.2 Å². The van der Waals surface area contributed by atoms with Crippen LogP contribution in [0.1, 0.15) is 56.3 Å². The SMILES string of the molecule is CC(C)(CO)[AsH]c1ccc(C(=O)Nc2cccc(N3C[C@H]4C[C@H]4C3)n2)c(N2CCC3(CC2)CC3)n1. The molecular formula is C27H36AsN5O2. The van der Waals surface area contributed by atoms with Gasteiger partial charge < -0.3 is 0 Å². The van der Waals surface area contributed by atoms with Gasteiger partial charge in [-0.3, -0.25) is 0 Å². The zero-order chi connectivity index (χ0) is 24.2. The standard InChI is InChI=1S/C27H36AsN5O2/c1-26(2,17-34)28-21-7-6-20(24(29-21)32-12-10-27(8-9-27)11-13-32)25(35)31-22-4-3-5-23(30-22)33-15-18-14-19(18)16-33/h3-7,18-19,28,34H,8-17H2,1-2H3,(H,30,31,35)/t18-,19+. The van der Waals surface area contributed by atoms with Crippen molar-refractivity contribution < 1.29 is 9.90 Å². The van der Waals surface area contributed by atoms with Gasteiger partial charge in [0.2, 0.25) is 0 Å². The number of anilines is 3. The molecule has 2 saturated carbocycles. The Bertz CT molecular complexity index is 1110. The molecule has 35 heavy (non-hydrogen) atoms. The van der Waals surface area contributed by atoms with Gasteiger partial charge in [0.1, 0.15) is 0 Å². The van der Waals surface area contributed by atoms with Crippen LogP contribution in [0.2, 0.25) is 4.20 Å². The van der Waals surface area contributed by atoms with Crippen molar-refractivity contribution >= 4 is 43.6 Å². The van der Waals surface area contributed by atoms with Gasteiger partial charge in [0.05, 0.1) is 0 Å². The first-order chi connectivity index (χ1) is 16.8. The molecule has 4 aliphatic rings. The molecule has 1 amide bonds. The van der Waals surface area contributed by atoms with Gasteiger partial charge in [-0.25, -0.2) is 0 Å². The zero-order valence-electron chi connectivity index (χ0n) is 20.8. The molecule has 6 rings (SSSR count). The molecule has 2 aliphatic heterocycles. The summed E-state index contributed by atoms with van der Waals surface area (Å²) in [5.41, 5.74) is 1.17. The number of carbonyl (C=O) groups excluding carboxylic acids is 1. The Morgan fingerprint density at radius 3 is 2.51 bits per heavy atom. The van der Waals surface area contributed by atoms with Crippen LogP contribution in [-0.4, -0.2) is 69.5 Å². The molecule has 0 radical (unpaired) electrons. The molecule has 1 spiro atoms. The van der Waals surface area contributed by atoms with Crippen molar-refractivity contribution in [2.24, 2.45) is 17.3 Å². The Balaban J connectivity index is 1.23. The van der Waals surface area contributed by atoms with Crippen LogP contribution in [0.15, 0.2) is 30.3 Å². The molecule has 2 N–H and O–H groups in total. The van der Waals surface area contributed by atoms with Crippen LogP contribution in [0.25, 0.3) is 0 Å². The van der Waals surface area contributed by atoms with E-state index in [2.05, 4.69) is 29.0 Å². The molecule has 2 aliphatic carbocycles. The Morgan fingerprint density at radius 2 is 1.83 bits per heavy atom. The number of hydrogen-bond acceptors (Lipinski definition) is 6. The van der Waals surface area contributed by atoms with Gasteiger partial charge >= 0.3 is 208 Å². The van der Waals surface area contributed by atoms with Gasteiger partial charge in [0, 0.05) is 0 Å². The van der Waals surface area contributed by atoms with E-state index < -0.39 is 15.8 Å². The van der Waals surface area contributed by atoms with Crippen LogP contribution in [-0.2, 0) is 0 Å². The van der Waals surface area contributed by atoms with Gasteiger partial charge in [-0.2, -0.15) is 0 Å². The summed E-state index contributed by atoms with van der Waals surface area (Å²) in [7, 11) is 0. The van der Waals surface area contributed by atoms with Crippen molar-refractivity contribution in [3.63, 3.8) is 0 Å². The average molecular weight is 538 g/mol. The van der Waals surface area contributed by atoms with Crippen molar-refractivity contribution in [1.82, 2.24) is 9.97 Å². The maximum atomic E-state index is 13.5. The summed E-state index contributed by atoms with van der Waals surface area (Å²) >= 11 is -0.654. The minimum atomic E-state index is -0.654. The minimum absolute atomic E-state index is 0.130. The van der Waals surface area contributed by atoms with Crippen LogP contribution < -0.4 is 19.6 Å². The summed E-state index contributed by atoms with van der Waals surface area (Å²) in [4.78, 5) is 27.9. The molecule has 8 heteroatoms. The molecule has 2 saturated heterocycles. The third-order valence-corrected chi connectivity index (χ3v) is 11.2. The van der Waals surface area contributed by atoms with Gasteiger partial charge in [0.25, 0.3) is 0 Å². The van der Waals surface area contributed by atoms with E-state index in [1.807, 2.05) is 30.3 Å². The number of fused-ring (bicyclic) bond motifs is 1. The summed E-state index contributed by atoms with van der Waals surface area (Å²) in [6.45, 7) is 8.39. The number of nitrogens with one attached hydrogen (secondary N) is 1. The van der Waals surface area contributed by atoms with Gasteiger partial charge in [-0.1, -0.05) is 0 Å². The summed E-state index contributed by atoms with van der Waals surface area (Å²) in [6.07, 6.45) is 6.41. The Labute approximate surface area is 214 Å². The monoisotopic (exact) mass is 537 g/mol. The van der Waals surface area contributed by atoms with Crippen molar-refractivity contribution in [3.8, 4) is 0 Å². The van der Waals surface area contributed by atoms with Crippen molar-refractivity contribution in [3.05, 3.63) is 35.9 Å². The number of pyridine rings is 2. The first-order valence-corrected chi connectivity index (χ1v) is 15.1.